The minimum atomic E-state index is 0.351. The van der Waals surface area contributed by atoms with Crippen LogP contribution >= 0.6 is 0 Å². The van der Waals surface area contributed by atoms with Gasteiger partial charge in [0, 0.05) is 12.1 Å². The number of hydrogen-bond donors (Lipinski definition) is 1. The highest BCUT2D eigenvalue weighted by Gasteiger charge is 2.41. The zero-order chi connectivity index (χ0) is 13.7. The van der Waals surface area contributed by atoms with Gasteiger partial charge < -0.3 is 5.32 Å². The number of benzene rings is 1. The second kappa shape index (κ2) is 4.59. The molecule has 20 heavy (non-hydrogen) atoms. The second-order valence-electron chi connectivity index (χ2n) is 8.01. The van der Waals surface area contributed by atoms with Crippen molar-refractivity contribution in [2.45, 2.75) is 69.9 Å². The molecule has 0 heterocycles. The predicted octanol–water partition coefficient (Wildman–Crippen LogP) is 4.58. The van der Waals surface area contributed by atoms with Crippen LogP contribution in [0.15, 0.2) is 24.3 Å². The number of hydrogen-bond acceptors (Lipinski definition) is 1. The van der Waals surface area contributed by atoms with Gasteiger partial charge in [-0.1, -0.05) is 44.5 Å². The first kappa shape index (κ1) is 12.9. The third kappa shape index (κ3) is 2.02. The molecule has 1 aromatic carbocycles. The van der Waals surface area contributed by atoms with Crippen LogP contribution in [0, 0.1) is 11.8 Å². The summed E-state index contributed by atoms with van der Waals surface area (Å²) in [7, 11) is 0. The van der Waals surface area contributed by atoms with Crippen LogP contribution in [0.1, 0.15) is 69.5 Å². The summed E-state index contributed by atoms with van der Waals surface area (Å²) in [6.07, 6.45) is 8.52. The fraction of sp³-hybridized carbons (Fsp3) is 0.684. The van der Waals surface area contributed by atoms with Gasteiger partial charge in [-0.05, 0) is 60.5 Å². The molecule has 1 aromatic rings. The van der Waals surface area contributed by atoms with Crippen LogP contribution in [0.4, 0.5) is 0 Å². The van der Waals surface area contributed by atoms with Crippen molar-refractivity contribution in [3.8, 4) is 0 Å². The molecule has 108 valence electrons. The van der Waals surface area contributed by atoms with Gasteiger partial charge in [0.1, 0.15) is 0 Å². The van der Waals surface area contributed by atoms with Gasteiger partial charge in [0.25, 0.3) is 0 Å². The van der Waals surface area contributed by atoms with Gasteiger partial charge >= 0.3 is 0 Å². The van der Waals surface area contributed by atoms with Crippen molar-refractivity contribution in [1.29, 1.82) is 0 Å². The Balaban J connectivity index is 1.57. The van der Waals surface area contributed by atoms with Crippen molar-refractivity contribution in [2.24, 2.45) is 11.8 Å². The van der Waals surface area contributed by atoms with Crippen molar-refractivity contribution in [3.05, 3.63) is 35.4 Å². The standard InChI is InChI=1S/C19H27N/c1-19(2)10-9-17(15-5-3-4-6-16(15)19)20-18-12-13-7-8-14(18)11-13/h3-6,13-14,17-18,20H,7-12H2,1-2H3. The lowest BCUT2D eigenvalue weighted by atomic mass is 9.71. The maximum absolute atomic E-state index is 4.04. The largest absolute Gasteiger partial charge is 0.307 e. The van der Waals surface area contributed by atoms with E-state index in [-0.39, 0.29) is 0 Å². The normalized spacial score (nSPS) is 37.9. The molecule has 0 aromatic heterocycles. The fourth-order valence-electron chi connectivity index (χ4n) is 5.09. The molecule has 1 nitrogen and oxygen atoms in total. The minimum Gasteiger partial charge on any atom is -0.307 e. The van der Waals surface area contributed by atoms with E-state index in [1.54, 1.807) is 11.1 Å². The maximum atomic E-state index is 4.04. The predicted molar refractivity (Wildman–Crippen MR) is 83.8 cm³/mol. The summed E-state index contributed by atoms with van der Waals surface area (Å²) >= 11 is 0. The van der Waals surface area contributed by atoms with Crippen molar-refractivity contribution < 1.29 is 0 Å². The van der Waals surface area contributed by atoms with Crippen LogP contribution in [0.2, 0.25) is 0 Å². The quantitative estimate of drug-likeness (QED) is 0.829. The topological polar surface area (TPSA) is 12.0 Å². The first-order valence-electron chi connectivity index (χ1n) is 8.49. The van der Waals surface area contributed by atoms with E-state index in [2.05, 4.69) is 43.4 Å². The summed E-state index contributed by atoms with van der Waals surface area (Å²) in [6, 6.07) is 10.5. The van der Waals surface area contributed by atoms with Gasteiger partial charge in [0.15, 0.2) is 0 Å². The highest BCUT2D eigenvalue weighted by molar-refractivity contribution is 5.38. The zero-order valence-corrected chi connectivity index (χ0v) is 12.9. The molecule has 1 N–H and O–H groups in total. The molecule has 0 radical (unpaired) electrons. The Morgan fingerprint density at radius 1 is 1.05 bits per heavy atom. The smallest absolute Gasteiger partial charge is 0.0326 e. The van der Waals surface area contributed by atoms with Crippen molar-refractivity contribution in [1.82, 2.24) is 5.32 Å². The van der Waals surface area contributed by atoms with Crippen molar-refractivity contribution in [2.75, 3.05) is 0 Å². The average Bonchev–Trinajstić information content (AvgIpc) is 3.05. The van der Waals surface area contributed by atoms with Crippen LogP contribution < -0.4 is 5.32 Å². The summed E-state index contributed by atoms with van der Waals surface area (Å²) in [5.74, 6) is 2.01. The van der Waals surface area contributed by atoms with Gasteiger partial charge in [-0.25, -0.2) is 0 Å². The van der Waals surface area contributed by atoms with Gasteiger partial charge in [0.05, 0.1) is 0 Å². The molecular formula is C19H27N. The molecule has 2 saturated carbocycles. The molecule has 3 aliphatic rings. The van der Waals surface area contributed by atoms with Gasteiger partial charge in [-0.15, -0.1) is 0 Å². The molecule has 0 spiro atoms. The van der Waals surface area contributed by atoms with Crippen LogP contribution in [0.25, 0.3) is 0 Å². The highest BCUT2D eigenvalue weighted by Crippen LogP contribution is 2.47. The van der Waals surface area contributed by atoms with E-state index in [0.717, 1.165) is 17.9 Å². The first-order chi connectivity index (χ1) is 9.63. The SMILES string of the molecule is CC1(C)CCC(NC2CC3CCC2C3)c2ccccc21. The van der Waals surface area contributed by atoms with Crippen molar-refractivity contribution >= 4 is 0 Å². The molecule has 0 amide bonds. The lowest BCUT2D eigenvalue weighted by molar-refractivity contribution is 0.281. The molecule has 3 aliphatic carbocycles. The Hall–Kier alpha value is -0.820. The number of fused-ring (bicyclic) bond motifs is 3. The lowest BCUT2D eigenvalue weighted by Gasteiger charge is -2.39. The van der Waals surface area contributed by atoms with Crippen LogP contribution in [0.5, 0.6) is 0 Å². The molecule has 2 bridgehead atoms. The molecule has 4 rings (SSSR count). The minimum absolute atomic E-state index is 0.351. The lowest BCUT2D eigenvalue weighted by Crippen LogP contribution is -2.40. The number of nitrogens with one attached hydrogen (secondary N) is 1. The van der Waals surface area contributed by atoms with E-state index in [1.807, 2.05) is 0 Å². The van der Waals surface area contributed by atoms with Crippen LogP contribution in [-0.2, 0) is 5.41 Å². The summed E-state index contributed by atoms with van der Waals surface area (Å²) in [4.78, 5) is 0. The van der Waals surface area contributed by atoms with Crippen LogP contribution in [-0.4, -0.2) is 6.04 Å². The van der Waals surface area contributed by atoms with Crippen molar-refractivity contribution in [3.63, 3.8) is 0 Å². The van der Waals surface area contributed by atoms with E-state index in [1.165, 1.54) is 38.5 Å². The van der Waals surface area contributed by atoms with E-state index < -0.39 is 0 Å². The van der Waals surface area contributed by atoms with E-state index in [0.29, 0.717) is 11.5 Å². The number of rotatable bonds is 2. The summed E-state index contributed by atoms with van der Waals surface area (Å²) < 4.78 is 0. The molecule has 1 heteroatoms. The van der Waals surface area contributed by atoms with Gasteiger partial charge in [0.2, 0.25) is 0 Å². The Labute approximate surface area is 123 Å². The summed E-state index contributed by atoms with van der Waals surface area (Å²) in [5, 5.41) is 4.04. The summed E-state index contributed by atoms with van der Waals surface area (Å²) in [5.41, 5.74) is 3.50. The molecule has 4 atom stereocenters. The van der Waals surface area contributed by atoms with E-state index in [4.69, 9.17) is 0 Å². The Morgan fingerprint density at radius 3 is 2.65 bits per heavy atom. The average molecular weight is 269 g/mol. The van der Waals surface area contributed by atoms with Crippen LogP contribution in [0.3, 0.4) is 0 Å². The zero-order valence-electron chi connectivity index (χ0n) is 12.9. The summed E-state index contributed by atoms with van der Waals surface area (Å²) in [6.45, 7) is 4.80. The maximum Gasteiger partial charge on any atom is 0.0326 e. The second-order valence-corrected chi connectivity index (χ2v) is 8.01. The fourth-order valence-corrected chi connectivity index (χ4v) is 5.09. The molecular weight excluding hydrogens is 242 g/mol. The Bertz CT molecular complexity index is 504. The molecule has 2 fully saturated rings. The molecule has 4 unspecified atom stereocenters. The van der Waals surface area contributed by atoms with E-state index in [9.17, 15) is 0 Å². The van der Waals surface area contributed by atoms with Gasteiger partial charge in [-0.2, -0.15) is 0 Å². The molecule has 0 aliphatic heterocycles. The van der Waals surface area contributed by atoms with E-state index >= 15 is 0 Å². The third-order valence-electron chi connectivity index (χ3n) is 6.28. The Morgan fingerprint density at radius 2 is 1.90 bits per heavy atom. The van der Waals surface area contributed by atoms with Gasteiger partial charge in [-0.3, -0.25) is 0 Å². The highest BCUT2D eigenvalue weighted by atomic mass is 15.0. The third-order valence-corrected chi connectivity index (χ3v) is 6.28. The molecule has 0 saturated heterocycles. The first-order valence-corrected chi connectivity index (χ1v) is 8.49. The Kier molecular flexibility index (Phi) is 2.96. The monoisotopic (exact) mass is 269 g/mol.